The van der Waals surface area contributed by atoms with Crippen LogP contribution in [-0.4, -0.2) is 37.5 Å². The summed E-state index contributed by atoms with van der Waals surface area (Å²) in [6.45, 7) is 0.742. The summed E-state index contributed by atoms with van der Waals surface area (Å²) in [4.78, 5) is 14.4. The third-order valence-electron chi connectivity index (χ3n) is 4.71. The molecular formula is C18H29N3O. The van der Waals surface area contributed by atoms with Crippen LogP contribution in [0.5, 0.6) is 0 Å². The van der Waals surface area contributed by atoms with E-state index >= 15 is 0 Å². The number of carbonyl (C=O) groups is 1. The van der Waals surface area contributed by atoms with Gasteiger partial charge in [-0.1, -0.05) is 31.4 Å². The largest absolute Gasteiger partial charge is 0.399 e. The summed E-state index contributed by atoms with van der Waals surface area (Å²) < 4.78 is 0. The zero-order chi connectivity index (χ0) is 15.9. The fourth-order valence-corrected chi connectivity index (χ4v) is 3.39. The molecule has 2 rings (SSSR count). The van der Waals surface area contributed by atoms with Crippen LogP contribution in [0.1, 0.15) is 37.7 Å². The Morgan fingerprint density at radius 1 is 1.23 bits per heavy atom. The van der Waals surface area contributed by atoms with Gasteiger partial charge in [-0.2, -0.15) is 0 Å². The van der Waals surface area contributed by atoms with E-state index < -0.39 is 0 Å². The number of nitrogen functional groups attached to an aromatic ring is 1. The number of nitrogens with two attached hydrogens (primary N) is 1. The molecule has 0 heterocycles. The standard InChI is InChI=1S/C18H29N3O/c1-21(2)17(15-6-4-3-5-7-15)13-20-18(22)12-14-8-10-16(19)11-9-14/h8-11,15,17H,3-7,12-13,19H2,1-2H3,(H,20,22). The monoisotopic (exact) mass is 303 g/mol. The Hall–Kier alpha value is -1.55. The minimum Gasteiger partial charge on any atom is -0.399 e. The number of carbonyl (C=O) groups excluding carboxylic acids is 1. The van der Waals surface area contributed by atoms with Crippen molar-refractivity contribution < 1.29 is 4.79 Å². The fourth-order valence-electron chi connectivity index (χ4n) is 3.39. The van der Waals surface area contributed by atoms with E-state index in [1.807, 2.05) is 24.3 Å². The van der Waals surface area contributed by atoms with Gasteiger partial charge in [-0.05, 0) is 50.6 Å². The lowest BCUT2D eigenvalue weighted by atomic mass is 9.83. The number of anilines is 1. The van der Waals surface area contributed by atoms with Crippen LogP contribution in [0.25, 0.3) is 0 Å². The highest BCUT2D eigenvalue weighted by Gasteiger charge is 2.25. The van der Waals surface area contributed by atoms with Crippen LogP contribution < -0.4 is 11.1 Å². The molecule has 1 aromatic rings. The maximum Gasteiger partial charge on any atom is 0.224 e. The van der Waals surface area contributed by atoms with Crippen molar-refractivity contribution in [3.05, 3.63) is 29.8 Å². The molecular weight excluding hydrogens is 274 g/mol. The second-order valence-electron chi connectivity index (χ2n) is 6.65. The van der Waals surface area contributed by atoms with Crippen molar-refractivity contribution in [1.82, 2.24) is 10.2 Å². The number of hydrogen-bond acceptors (Lipinski definition) is 3. The summed E-state index contributed by atoms with van der Waals surface area (Å²) >= 11 is 0. The zero-order valence-electron chi connectivity index (χ0n) is 13.8. The highest BCUT2D eigenvalue weighted by atomic mass is 16.1. The first-order valence-electron chi connectivity index (χ1n) is 8.34. The number of amides is 1. The summed E-state index contributed by atoms with van der Waals surface area (Å²) in [6.07, 6.45) is 7.02. The summed E-state index contributed by atoms with van der Waals surface area (Å²) in [5, 5.41) is 3.11. The molecule has 0 radical (unpaired) electrons. The van der Waals surface area contributed by atoms with Crippen LogP contribution in [-0.2, 0) is 11.2 Å². The Kier molecular flexibility index (Phi) is 6.25. The highest BCUT2D eigenvalue weighted by Crippen LogP contribution is 2.28. The summed E-state index contributed by atoms with van der Waals surface area (Å²) in [6, 6.07) is 7.95. The highest BCUT2D eigenvalue weighted by molar-refractivity contribution is 5.78. The van der Waals surface area contributed by atoms with Gasteiger partial charge in [-0.3, -0.25) is 4.79 Å². The molecule has 4 heteroatoms. The third-order valence-corrected chi connectivity index (χ3v) is 4.71. The third kappa shape index (κ3) is 5.02. The molecule has 1 aliphatic carbocycles. The fraction of sp³-hybridized carbons (Fsp3) is 0.611. The van der Waals surface area contributed by atoms with Gasteiger partial charge >= 0.3 is 0 Å². The van der Waals surface area contributed by atoms with Crippen molar-refractivity contribution in [1.29, 1.82) is 0 Å². The van der Waals surface area contributed by atoms with Gasteiger partial charge < -0.3 is 16.0 Å². The van der Waals surface area contributed by atoms with Gasteiger partial charge in [0.2, 0.25) is 5.91 Å². The molecule has 122 valence electrons. The Morgan fingerprint density at radius 2 is 1.86 bits per heavy atom. The maximum atomic E-state index is 12.1. The van der Waals surface area contributed by atoms with Crippen LogP contribution in [0.4, 0.5) is 5.69 Å². The Bertz CT molecular complexity index is 464. The number of benzene rings is 1. The first kappa shape index (κ1) is 16.8. The second-order valence-corrected chi connectivity index (χ2v) is 6.65. The first-order chi connectivity index (χ1) is 10.6. The lowest BCUT2D eigenvalue weighted by Gasteiger charge is -2.35. The predicted octanol–water partition coefficient (Wildman–Crippen LogP) is 2.44. The van der Waals surface area contributed by atoms with Crippen LogP contribution in [0, 0.1) is 5.92 Å². The van der Waals surface area contributed by atoms with Crippen molar-refractivity contribution in [3.8, 4) is 0 Å². The summed E-state index contributed by atoms with van der Waals surface area (Å²) in [5.41, 5.74) is 7.40. The van der Waals surface area contributed by atoms with E-state index in [0.29, 0.717) is 18.4 Å². The van der Waals surface area contributed by atoms with E-state index in [0.717, 1.165) is 17.8 Å². The van der Waals surface area contributed by atoms with E-state index in [9.17, 15) is 4.79 Å². The number of rotatable bonds is 6. The SMILES string of the molecule is CN(C)C(CNC(=O)Cc1ccc(N)cc1)C1CCCCC1. The molecule has 0 bridgehead atoms. The molecule has 3 N–H and O–H groups in total. The van der Waals surface area contributed by atoms with Gasteiger partial charge in [-0.25, -0.2) is 0 Å². The van der Waals surface area contributed by atoms with E-state index in [1.165, 1.54) is 32.1 Å². The maximum absolute atomic E-state index is 12.1. The number of nitrogens with one attached hydrogen (secondary N) is 1. The first-order valence-corrected chi connectivity index (χ1v) is 8.34. The van der Waals surface area contributed by atoms with Gasteiger partial charge in [0.05, 0.1) is 6.42 Å². The van der Waals surface area contributed by atoms with Crippen molar-refractivity contribution in [2.45, 2.75) is 44.6 Å². The second kappa shape index (κ2) is 8.18. The predicted molar refractivity (Wildman–Crippen MR) is 91.6 cm³/mol. The zero-order valence-corrected chi connectivity index (χ0v) is 13.8. The van der Waals surface area contributed by atoms with Gasteiger partial charge in [0.25, 0.3) is 0 Å². The molecule has 4 nitrogen and oxygen atoms in total. The van der Waals surface area contributed by atoms with Crippen LogP contribution >= 0.6 is 0 Å². The molecule has 0 aliphatic heterocycles. The number of likely N-dealkylation sites (N-methyl/N-ethyl adjacent to an activating group) is 1. The summed E-state index contributed by atoms with van der Waals surface area (Å²) in [5.74, 6) is 0.799. The molecule has 1 fully saturated rings. The van der Waals surface area contributed by atoms with Crippen LogP contribution in [0.2, 0.25) is 0 Å². The Balaban J connectivity index is 1.83. The van der Waals surface area contributed by atoms with Crippen LogP contribution in [0.3, 0.4) is 0 Å². The molecule has 1 unspecified atom stereocenters. The molecule has 1 saturated carbocycles. The van der Waals surface area contributed by atoms with Gasteiger partial charge in [0, 0.05) is 18.3 Å². The Labute approximate surface area is 134 Å². The minimum absolute atomic E-state index is 0.0902. The van der Waals surface area contributed by atoms with Crippen LogP contribution in [0.15, 0.2) is 24.3 Å². The van der Waals surface area contributed by atoms with E-state index in [1.54, 1.807) is 0 Å². The summed E-state index contributed by atoms with van der Waals surface area (Å²) in [7, 11) is 4.23. The van der Waals surface area contributed by atoms with Crippen molar-refractivity contribution >= 4 is 11.6 Å². The quantitative estimate of drug-likeness (QED) is 0.794. The van der Waals surface area contributed by atoms with Crippen molar-refractivity contribution in [2.75, 3.05) is 26.4 Å². The van der Waals surface area contributed by atoms with E-state index in [4.69, 9.17) is 5.73 Å². The molecule has 1 amide bonds. The molecule has 1 aliphatic rings. The molecule has 1 atom stereocenters. The number of nitrogens with zero attached hydrogens (tertiary/aromatic N) is 1. The van der Waals surface area contributed by atoms with E-state index in [-0.39, 0.29) is 5.91 Å². The average molecular weight is 303 g/mol. The number of hydrogen-bond donors (Lipinski definition) is 2. The minimum atomic E-state index is 0.0902. The van der Waals surface area contributed by atoms with E-state index in [2.05, 4.69) is 24.3 Å². The van der Waals surface area contributed by atoms with Gasteiger partial charge in [0.1, 0.15) is 0 Å². The molecule has 0 aromatic heterocycles. The smallest absolute Gasteiger partial charge is 0.224 e. The Morgan fingerprint density at radius 3 is 2.45 bits per heavy atom. The van der Waals surface area contributed by atoms with Gasteiger partial charge in [-0.15, -0.1) is 0 Å². The molecule has 1 aromatic carbocycles. The lowest BCUT2D eigenvalue weighted by molar-refractivity contribution is -0.120. The van der Waals surface area contributed by atoms with Crippen molar-refractivity contribution in [3.63, 3.8) is 0 Å². The topological polar surface area (TPSA) is 58.4 Å². The molecule has 0 spiro atoms. The molecule has 0 saturated heterocycles. The average Bonchev–Trinajstić information content (AvgIpc) is 2.50. The lowest BCUT2D eigenvalue weighted by Crippen LogP contribution is -2.45. The molecule has 22 heavy (non-hydrogen) atoms. The normalized spacial score (nSPS) is 17.4. The van der Waals surface area contributed by atoms with Crippen molar-refractivity contribution in [2.24, 2.45) is 5.92 Å². The van der Waals surface area contributed by atoms with Gasteiger partial charge in [0.15, 0.2) is 0 Å².